The molecule has 0 saturated heterocycles. The number of hydrogen-bond donors (Lipinski definition) is 1. The van der Waals surface area contributed by atoms with Crippen molar-refractivity contribution in [3.63, 3.8) is 0 Å². The van der Waals surface area contributed by atoms with Gasteiger partial charge in [-0.1, -0.05) is 11.6 Å². The highest BCUT2D eigenvalue weighted by molar-refractivity contribution is 6.29. The molecule has 0 spiro atoms. The van der Waals surface area contributed by atoms with Gasteiger partial charge in [0.25, 0.3) is 0 Å². The summed E-state index contributed by atoms with van der Waals surface area (Å²) in [5, 5.41) is 0.506. The van der Waals surface area contributed by atoms with Crippen LogP contribution in [0.5, 0.6) is 0 Å². The Morgan fingerprint density at radius 3 is 3.00 bits per heavy atom. The van der Waals surface area contributed by atoms with Gasteiger partial charge >= 0.3 is 0 Å². The summed E-state index contributed by atoms with van der Waals surface area (Å²) in [5.74, 6) is 0.444. The van der Waals surface area contributed by atoms with Crippen molar-refractivity contribution in [3.05, 3.63) is 23.7 Å². The minimum atomic E-state index is 0.444. The molecule has 5 heteroatoms. The number of nitrogens with two attached hydrogens (primary N) is 1. The number of anilines is 1. The maximum atomic E-state index is 5.78. The van der Waals surface area contributed by atoms with Gasteiger partial charge in [-0.25, -0.2) is 4.98 Å². The van der Waals surface area contributed by atoms with Crippen LogP contribution >= 0.6 is 11.6 Å². The molecule has 56 valence electrons. The molecule has 2 heterocycles. The van der Waals surface area contributed by atoms with Crippen LogP contribution in [0.25, 0.3) is 5.65 Å². The normalized spacial score (nSPS) is 10.6. The van der Waals surface area contributed by atoms with Gasteiger partial charge < -0.3 is 5.73 Å². The van der Waals surface area contributed by atoms with Gasteiger partial charge in [0.15, 0.2) is 5.65 Å². The van der Waals surface area contributed by atoms with E-state index >= 15 is 0 Å². The Morgan fingerprint density at radius 1 is 1.45 bits per heavy atom. The molecule has 2 rings (SSSR count). The molecule has 4 nitrogen and oxygen atoms in total. The van der Waals surface area contributed by atoms with E-state index in [1.165, 1.54) is 6.20 Å². The molecule has 0 saturated carbocycles. The van der Waals surface area contributed by atoms with Crippen LogP contribution in [0, 0.1) is 0 Å². The summed E-state index contributed by atoms with van der Waals surface area (Å²) in [6.07, 6.45) is 4.79. The summed E-state index contributed by atoms with van der Waals surface area (Å²) in [5.41, 5.74) is 6.10. The van der Waals surface area contributed by atoms with Crippen molar-refractivity contribution in [1.29, 1.82) is 0 Å². The number of aromatic nitrogens is 3. The molecular formula is C6H5ClN4. The topological polar surface area (TPSA) is 56.2 Å². The Balaban J connectivity index is 2.90. The van der Waals surface area contributed by atoms with E-state index in [1.54, 1.807) is 16.8 Å². The monoisotopic (exact) mass is 168 g/mol. The quantitative estimate of drug-likeness (QED) is 0.638. The molecule has 0 amide bonds. The van der Waals surface area contributed by atoms with E-state index in [4.69, 9.17) is 17.3 Å². The van der Waals surface area contributed by atoms with Crippen molar-refractivity contribution in [3.8, 4) is 0 Å². The van der Waals surface area contributed by atoms with E-state index in [-0.39, 0.29) is 0 Å². The van der Waals surface area contributed by atoms with Crippen LogP contribution in [0.2, 0.25) is 5.15 Å². The van der Waals surface area contributed by atoms with Gasteiger partial charge in [-0.15, -0.1) is 0 Å². The third-order valence-corrected chi connectivity index (χ3v) is 1.63. The van der Waals surface area contributed by atoms with Crippen molar-refractivity contribution >= 4 is 23.1 Å². The SMILES string of the molecule is Nc1cn2c(Cl)cncc2n1. The fourth-order valence-corrected chi connectivity index (χ4v) is 1.09. The molecule has 0 fully saturated rings. The lowest BCUT2D eigenvalue weighted by Gasteiger charge is -1.92. The third-order valence-electron chi connectivity index (χ3n) is 1.35. The van der Waals surface area contributed by atoms with Crippen molar-refractivity contribution in [2.75, 3.05) is 5.73 Å². The minimum Gasteiger partial charge on any atom is -0.382 e. The first kappa shape index (κ1) is 6.42. The maximum absolute atomic E-state index is 5.78. The zero-order valence-corrected chi connectivity index (χ0v) is 6.28. The molecule has 0 aliphatic carbocycles. The smallest absolute Gasteiger partial charge is 0.158 e. The molecular weight excluding hydrogens is 164 g/mol. The molecule has 0 aromatic carbocycles. The Morgan fingerprint density at radius 2 is 2.27 bits per heavy atom. The van der Waals surface area contributed by atoms with Crippen LogP contribution in [-0.2, 0) is 0 Å². The number of fused-ring (bicyclic) bond motifs is 1. The zero-order chi connectivity index (χ0) is 7.84. The second-order valence-corrected chi connectivity index (χ2v) is 2.51. The van der Waals surface area contributed by atoms with Crippen LogP contribution in [-0.4, -0.2) is 14.4 Å². The van der Waals surface area contributed by atoms with Crippen molar-refractivity contribution in [2.24, 2.45) is 0 Å². The van der Waals surface area contributed by atoms with Crippen molar-refractivity contribution in [2.45, 2.75) is 0 Å². The van der Waals surface area contributed by atoms with Gasteiger partial charge in [0, 0.05) is 0 Å². The van der Waals surface area contributed by atoms with E-state index in [0.717, 1.165) is 0 Å². The third kappa shape index (κ3) is 0.914. The average molecular weight is 169 g/mol. The minimum absolute atomic E-state index is 0.444. The summed E-state index contributed by atoms with van der Waals surface area (Å²) in [4.78, 5) is 7.82. The summed E-state index contributed by atoms with van der Waals surface area (Å²) in [6.45, 7) is 0. The highest BCUT2D eigenvalue weighted by atomic mass is 35.5. The fraction of sp³-hybridized carbons (Fsp3) is 0. The van der Waals surface area contributed by atoms with E-state index in [0.29, 0.717) is 16.6 Å². The highest BCUT2D eigenvalue weighted by Crippen LogP contribution is 2.11. The first-order valence-electron chi connectivity index (χ1n) is 3.01. The van der Waals surface area contributed by atoms with Crippen LogP contribution < -0.4 is 5.73 Å². The summed E-state index contributed by atoms with van der Waals surface area (Å²) in [6, 6.07) is 0. The molecule has 0 radical (unpaired) electrons. The zero-order valence-electron chi connectivity index (χ0n) is 5.53. The molecule has 2 aromatic rings. The van der Waals surface area contributed by atoms with E-state index in [9.17, 15) is 0 Å². The number of halogens is 1. The molecule has 11 heavy (non-hydrogen) atoms. The van der Waals surface area contributed by atoms with Gasteiger partial charge in [0.1, 0.15) is 11.0 Å². The second-order valence-electron chi connectivity index (χ2n) is 2.12. The lowest BCUT2D eigenvalue weighted by Crippen LogP contribution is -1.85. The number of rotatable bonds is 0. The number of nitrogen functional groups attached to an aromatic ring is 1. The molecule has 2 aromatic heterocycles. The van der Waals surface area contributed by atoms with Gasteiger partial charge in [-0.2, -0.15) is 0 Å². The molecule has 0 unspecified atom stereocenters. The lowest BCUT2D eigenvalue weighted by atomic mass is 10.7. The van der Waals surface area contributed by atoms with Gasteiger partial charge in [-0.3, -0.25) is 9.38 Å². The van der Waals surface area contributed by atoms with Gasteiger partial charge in [0.2, 0.25) is 0 Å². The van der Waals surface area contributed by atoms with Crippen molar-refractivity contribution < 1.29 is 0 Å². The average Bonchev–Trinajstić information content (AvgIpc) is 2.31. The van der Waals surface area contributed by atoms with E-state index in [2.05, 4.69) is 9.97 Å². The van der Waals surface area contributed by atoms with Crippen LogP contribution in [0.4, 0.5) is 5.82 Å². The first-order valence-corrected chi connectivity index (χ1v) is 3.39. The molecule has 0 aliphatic heterocycles. The maximum Gasteiger partial charge on any atom is 0.158 e. The predicted molar refractivity (Wildman–Crippen MR) is 42.4 cm³/mol. The second kappa shape index (κ2) is 2.10. The lowest BCUT2D eigenvalue weighted by molar-refractivity contribution is 1.13. The molecule has 0 atom stereocenters. The Kier molecular flexibility index (Phi) is 1.22. The van der Waals surface area contributed by atoms with Crippen molar-refractivity contribution in [1.82, 2.24) is 14.4 Å². The number of imidazole rings is 1. The van der Waals surface area contributed by atoms with Gasteiger partial charge in [0.05, 0.1) is 18.6 Å². The standard InChI is InChI=1S/C6H5ClN4/c7-4-1-9-2-6-10-5(8)3-11(4)6/h1-3H,8H2. The molecule has 0 aliphatic rings. The fourth-order valence-electron chi connectivity index (χ4n) is 0.903. The van der Waals surface area contributed by atoms with Crippen LogP contribution in [0.3, 0.4) is 0 Å². The Bertz CT molecular complexity index is 394. The summed E-state index contributed by atoms with van der Waals surface area (Å²) >= 11 is 5.78. The molecule has 2 N–H and O–H groups in total. The predicted octanol–water partition coefficient (Wildman–Crippen LogP) is 0.965. The van der Waals surface area contributed by atoms with Gasteiger partial charge in [-0.05, 0) is 0 Å². The number of nitrogens with zero attached hydrogens (tertiary/aromatic N) is 3. The Hall–Kier alpha value is -1.29. The summed E-state index contributed by atoms with van der Waals surface area (Å²) in [7, 11) is 0. The Labute approximate surface area is 67.6 Å². The first-order chi connectivity index (χ1) is 5.27. The van der Waals surface area contributed by atoms with Crippen LogP contribution in [0.1, 0.15) is 0 Å². The van der Waals surface area contributed by atoms with E-state index in [1.807, 2.05) is 0 Å². The van der Waals surface area contributed by atoms with Crippen LogP contribution in [0.15, 0.2) is 18.6 Å². The highest BCUT2D eigenvalue weighted by Gasteiger charge is 1.99. The largest absolute Gasteiger partial charge is 0.382 e. The van der Waals surface area contributed by atoms with E-state index < -0.39 is 0 Å². The summed E-state index contributed by atoms with van der Waals surface area (Å²) < 4.78 is 1.67. The molecule has 0 bridgehead atoms. The number of hydrogen-bond acceptors (Lipinski definition) is 3.